The molecule has 0 radical (unpaired) electrons. The number of rotatable bonds is 8. The molecule has 198 valence electrons. The van der Waals surface area contributed by atoms with Crippen molar-refractivity contribution in [3.8, 4) is 11.6 Å². The molecule has 6 nitrogen and oxygen atoms in total. The van der Waals surface area contributed by atoms with Gasteiger partial charge in [-0.15, -0.1) is 0 Å². The van der Waals surface area contributed by atoms with Gasteiger partial charge in [0.05, 0.1) is 24.3 Å². The molecule has 8 heteroatoms. The number of carbonyl (C=O) groups excluding carboxylic acids is 1. The van der Waals surface area contributed by atoms with Gasteiger partial charge < -0.3 is 19.5 Å². The van der Waals surface area contributed by atoms with Crippen LogP contribution in [0, 0.1) is 11.3 Å². The van der Waals surface area contributed by atoms with E-state index < -0.39 is 0 Å². The molecular weight excluding hydrogens is 496 g/mol. The summed E-state index contributed by atoms with van der Waals surface area (Å²) in [6.07, 6.45) is 8.64. The summed E-state index contributed by atoms with van der Waals surface area (Å²) >= 11 is 8.67. The van der Waals surface area contributed by atoms with E-state index in [9.17, 15) is 4.79 Å². The highest BCUT2D eigenvalue weighted by molar-refractivity contribution is 7.99. The lowest BCUT2D eigenvalue weighted by Gasteiger charge is -2.51. The summed E-state index contributed by atoms with van der Waals surface area (Å²) in [5.74, 6) is 4.26. The van der Waals surface area contributed by atoms with Crippen LogP contribution in [0.1, 0.15) is 65.7 Å². The number of pyridine rings is 1. The number of hydrogen-bond donors (Lipinski definition) is 1. The van der Waals surface area contributed by atoms with E-state index in [1.54, 1.807) is 13.3 Å². The highest BCUT2D eigenvalue weighted by Crippen LogP contribution is 2.51. The minimum Gasteiger partial charge on any atom is -0.489 e. The Morgan fingerprint density at radius 2 is 1.94 bits per heavy atom. The van der Waals surface area contributed by atoms with Crippen LogP contribution >= 0.6 is 23.4 Å². The standard InChI is InChI=1S/C28H39ClN2O4S/c1-5-25(31-27(32)34-18(2)3)28(20-9-14-36-15-10-20)11-6-21(7-12-28)35-24-16-19-8-13-30-26(33-4)22(19)17-23(24)29/h8,13,16-18,20-21,25H,5-7,9-12,14-15H2,1-4H3,(H,31,32). The second kappa shape index (κ2) is 12.1. The van der Waals surface area contributed by atoms with E-state index in [0.717, 1.165) is 42.9 Å². The number of thioether (sulfide) groups is 1. The molecule has 1 aromatic heterocycles. The molecule has 1 aromatic carbocycles. The van der Waals surface area contributed by atoms with Gasteiger partial charge in [-0.1, -0.05) is 18.5 Å². The molecular formula is C28H39ClN2O4S. The molecule has 1 aliphatic heterocycles. The maximum Gasteiger partial charge on any atom is 0.407 e. The van der Waals surface area contributed by atoms with Gasteiger partial charge >= 0.3 is 6.09 Å². The number of benzene rings is 1. The Hall–Kier alpha value is -1.86. The lowest BCUT2D eigenvalue weighted by molar-refractivity contribution is -0.00231. The predicted octanol–water partition coefficient (Wildman–Crippen LogP) is 7.26. The Kier molecular flexibility index (Phi) is 9.15. The summed E-state index contributed by atoms with van der Waals surface area (Å²) in [5, 5.41) is 5.70. The van der Waals surface area contributed by atoms with E-state index >= 15 is 0 Å². The number of alkyl carbamates (subject to hydrolysis) is 1. The van der Waals surface area contributed by atoms with Crippen molar-refractivity contribution >= 4 is 40.2 Å². The molecule has 36 heavy (non-hydrogen) atoms. The summed E-state index contributed by atoms with van der Waals surface area (Å²) in [6.45, 7) is 5.96. The summed E-state index contributed by atoms with van der Waals surface area (Å²) in [7, 11) is 1.61. The van der Waals surface area contributed by atoms with Gasteiger partial charge in [0, 0.05) is 17.6 Å². The molecule has 2 heterocycles. The number of halogens is 1. The lowest BCUT2D eigenvalue weighted by atomic mass is 9.59. The van der Waals surface area contributed by atoms with E-state index in [4.69, 9.17) is 25.8 Å². The number of hydrogen-bond acceptors (Lipinski definition) is 6. The first-order valence-corrected chi connectivity index (χ1v) is 14.7. The maximum atomic E-state index is 12.6. The Balaban J connectivity index is 1.51. The Bertz CT molecular complexity index is 1040. The zero-order chi connectivity index (χ0) is 25.7. The zero-order valence-electron chi connectivity index (χ0n) is 21.8. The Morgan fingerprint density at radius 3 is 2.58 bits per heavy atom. The van der Waals surface area contributed by atoms with Crippen LogP contribution < -0.4 is 14.8 Å². The molecule has 2 fully saturated rings. The van der Waals surface area contributed by atoms with Crippen LogP contribution in [-0.4, -0.2) is 47.9 Å². The fourth-order valence-corrected chi connectivity index (χ4v) is 7.50. The van der Waals surface area contributed by atoms with Crippen LogP contribution in [0.25, 0.3) is 10.8 Å². The van der Waals surface area contributed by atoms with Crippen molar-refractivity contribution in [3.63, 3.8) is 0 Å². The molecule has 1 amide bonds. The summed E-state index contributed by atoms with van der Waals surface area (Å²) in [4.78, 5) is 16.9. The van der Waals surface area contributed by atoms with Crippen LogP contribution in [-0.2, 0) is 4.74 Å². The fraction of sp³-hybridized carbons (Fsp3) is 0.643. The number of amides is 1. The van der Waals surface area contributed by atoms with Crippen LogP contribution in [0.4, 0.5) is 4.79 Å². The van der Waals surface area contributed by atoms with Gasteiger partial charge in [-0.05, 0) is 105 Å². The third kappa shape index (κ3) is 5.99. The quantitative estimate of drug-likeness (QED) is 0.384. The molecule has 1 unspecified atom stereocenters. The first-order chi connectivity index (χ1) is 17.4. The van der Waals surface area contributed by atoms with Crippen molar-refractivity contribution in [1.29, 1.82) is 0 Å². The van der Waals surface area contributed by atoms with Crippen LogP contribution in [0.3, 0.4) is 0 Å². The third-order valence-corrected chi connectivity index (χ3v) is 9.25. The first-order valence-electron chi connectivity index (χ1n) is 13.2. The number of ether oxygens (including phenoxy) is 3. The van der Waals surface area contributed by atoms with Crippen molar-refractivity contribution in [2.24, 2.45) is 11.3 Å². The first kappa shape index (κ1) is 27.2. The number of carbonyl (C=O) groups is 1. The smallest absolute Gasteiger partial charge is 0.407 e. The SMILES string of the molecule is CCC(NC(=O)OC(C)C)C1(C2CCSCC2)CCC(Oc2cc3ccnc(OC)c3cc2Cl)CC1. The third-order valence-electron chi connectivity index (χ3n) is 7.90. The minimum absolute atomic E-state index is 0.0673. The van der Waals surface area contributed by atoms with Crippen LogP contribution in [0.2, 0.25) is 5.02 Å². The molecule has 2 aromatic rings. The summed E-state index contributed by atoms with van der Waals surface area (Å²) in [6, 6.07) is 5.91. The van der Waals surface area contributed by atoms with Crippen molar-refractivity contribution in [3.05, 3.63) is 29.4 Å². The maximum absolute atomic E-state index is 12.6. The molecule has 0 bridgehead atoms. The molecule has 4 rings (SSSR count). The van der Waals surface area contributed by atoms with E-state index in [1.165, 1.54) is 24.3 Å². The number of nitrogens with zero attached hydrogens (tertiary/aromatic N) is 1. The molecule has 0 spiro atoms. The van der Waals surface area contributed by atoms with E-state index in [-0.39, 0.29) is 29.8 Å². The van der Waals surface area contributed by atoms with E-state index in [0.29, 0.717) is 22.6 Å². The van der Waals surface area contributed by atoms with E-state index in [1.807, 2.05) is 43.8 Å². The van der Waals surface area contributed by atoms with Gasteiger partial charge in [0.15, 0.2) is 0 Å². The topological polar surface area (TPSA) is 69.7 Å². The number of nitrogens with one attached hydrogen (secondary N) is 1. The molecule has 1 saturated carbocycles. The van der Waals surface area contributed by atoms with Crippen molar-refractivity contribution < 1.29 is 19.0 Å². The average molecular weight is 535 g/mol. The van der Waals surface area contributed by atoms with Gasteiger partial charge in [-0.25, -0.2) is 9.78 Å². The van der Waals surface area contributed by atoms with Crippen LogP contribution in [0.5, 0.6) is 11.6 Å². The largest absolute Gasteiger partial charge is 0.489 e. The molecule has 1 saturated heterocycles. The van der Waals surface area contributed by atoms with Gasteiger partial charge in [-0.2, -0.15) is 11.8 Å². The highest BCUT2D eigenvalue weighted by atomic mass is 35.5. The minimum atomic E-state index is -0.298. The fourth-order valence-electron chi connectivity index (χ4n) is 6.18. The Morgan fingerprint density at radius 1 is 1.22 bits per heavy atom. The number of fused-ring (bicyclic) bond motifs is 1. The number of aromatic nitrogens is 1. The van der Waals surface area contributed by atoms with Gasteiger partial charge in [0.2, 0.25) is 5.88 Å². The normalized spacial score (nSPS) is 23.9. The Labute approximate surface area is 224 Å². The van der Waals surface area contributed by atoms with Gasteiger partial charge in [0.1, 0.15) is 5.75 Å². The molecule has 1 atom stereocenters. The van der Waals surface area contributed by atoms with Gasteiger partial charge in [0.25, 0.3) is 0 Å². The number of methoxy groups -OCH3 is 1. The molecule has 2 aliphatic rings. The molecule has 1 N–H and O–H groups in total. The predicted molar refractivity (Wildman–Crippen MR) is 148 cm³/mol. The summed E-state index contributed by atoms with van der Waals surface area (Å²) < 4.78 is 17.3. The second-order valence-corrected chi connectivity index (χ2v) is 12.0. The zero-order valence-corrected chi connectivity index (χ0v) is 23.4. The van der Waals surface area contributed by atoms with Crippen LogP contribution in [0.15, 0.2) is 24.4 Å². The highest BCUT2D eigenvalue weighted by Gasteiger charge is 2.48. The van der Waals surface area contributed by atoms with Crippen molar-refractivity contribution in [2.75, 3.05) is 18.6 Å². The molecule has 1 aliphatic carbocycles. The monoisotopic (exact) mass is 534 g/mol. The van der Waals surface area contributed by atoms with E-state index in [2.05, 4.69) is 17.2 Å². The average Bonchev–Trinajstić information content (AvgIpc) is 2.88. The van der Waals surface area contributed by atoms with Crippen molar-refractivity contribution in [1.82, 2.24) is 10.3 Å². The van der Waals surface area contributed by atoms with Crippen molar-refractivity contribution in [2.45, 2.75) is 84.0 Å². The second-order valence-electron chi connectivity index (χ2n) is 10.3. The van der Waals surface area contributed by atoms with Gasteiger partial charge in [-0.3, -0.25) is 0 Å². The summed E-state index contributed by atoms with van der Waals surface area (Å²) in [5.41, 5.74) is 0.0673. The lowest BCUT2D eigenvalue weighted by Crippen LogP contribution is -2.54.